The number of fused-ring (bicyclic) bond motifs is 3. The van der Waals surface area contributed by atoms with Crippen molar-refractivity contribution >= 4 is 22.7 Å². The second kappa shape index (κ2) is 9.86. The van der Waals surface area contributed by atoms with Gasteiger partial charge in [-0.3, -0.25) is 0 Å². The quantitative estimate of drug-likeness (QED) is 0.335. The van der Waals surface area contributed by atoms with Crippen LogP contribution in [0.1, 0.15) is 44.0 Å². The minimum absolute atomic E-state index is 0.114. The zero-order valence-electron chi connectivity index (χ0n) is 18.7. The number of nitrogens with zero attached hydrogens (tertiary/aromatic N) is 2. The number of aromatic nitrogens is 3. The molecule has 178 valence electrons. The molecule has 1 aliphatic carbocycles. The highest BCUT2D eigenvalue weighted by Crippen LogP contribution is 2.36. The van der Waals surface area contributed by atoms with E-state index in [1.807, 2.05) is 6.07 Å². The average Bonchev–Trinajstić information content (AvgIpc) is 3.13. The molecule has 3 aromatic rings. The van der Waals surface area contributed by atoms with Gasteiger partial charge in [-0.15, -0.1) is 13.2 Å². The molecule has 1 aromatic carbocycles. The van der Waals surface area contributed by atoms with Crippen molar-refractivity contribution in [2.24, 2.45) is 5.92 Å². The maximum atomic E-state index is 12.6. The number of H-pyrrole nitrogens is 1. The third-order valence-corrected chi connectivity index (χ3v) is 5.56. The molecule has 4 N–H and O–H groups in total. The monoisotopic (exact) mass is 462 g/mol. The minimum atomic E-state index is -4.70. The Morgan fingerprint density at radius 3 is 2.82 bits per heavy atom. The lowest BCUT2D eigenvalue weighted by molar-refractivity contribution is -0.274. The van der Waals surface area contributed by atoms with E-state index >= 15 is 0 Å². The summed E-state index contributed by atoms with van der Waals surface area (Å²) in [4.78, 5) is 12.1. The summed E-state index contributed by atoms with van der Waals surface area (Å²) in [5.41, 5.74) is 2.93. The number of hydrogen-bond donors (Lipinski definition) is 4. The van der Waals surface area contributed by atoms with Crippen LogP contribution in [0.2, 0.25) is 0 Å². The van der Waals surface area contributed by atoms with Gasteiger partial charge in [-0.05, 0) is 55.0 Å². The van der Waals surface area contributed by atoms with Gasteiger partial charge in [0.2, 0.25) is 5.95 Å². The Balaban J connectivity index is 1.36. The average molecular weight is 463 g/mol. The van der Waals surface area contributed by atoms with Gasteiger partial charge >= 0.3 is 6.36 Å². The van der Waals surface area contributed by atoms with Gasteiger partial charge in [0, 0.05) is 48.5 Å². The molecular weight excluding hydrogens is 433 g/mol. The topological polar surface area (TPSA) is 86.9 Å². The van der Waals surface area contributed by atoms with Gasteiger partial charge in [0.1, 0.15) is 11.6 Å². The number of aromatic amines is 1. The first-order valence-electron chi connectivity index (χ1n) is 11.2. The highest BCUT2D eigenvalue weighted by Gasteiger charge is 2.31. The number of benzene rings is 1. The molecule has 0 fully saturated rings. The maximum absolute atomic E-state index is 12.6. The van der Waals surface area contributed by atoms with Gasteiger partial charge in [-0.2, -0.15) is 4.98 Å². The van der Waals surface area contributed by atoms with E-state index < -0.39 is 6.36 Å². The Hall–Kier alpha value is -3.01. The molecule has 0 saturated heterocycles. The number of halogens is 3. The second-order valence-electron chi connectivity index (χ2n) is 8.64. The fourth-order valence-electron chi connectivity index (χ4n) is 4.12. The van der Waals surface area contributed by atoms with Crippen LogP contribution >= 0.6 is 0 Å². The van der Waals surface area contributed by atoms with Crippen molar-refractivity contribution in [3.8, 4) is 5.75 Å². The molecule has 1 aliphatic rings. The molecular formula is C23H29F3N6O. The van der Waals surface area contributed by atoms with E-state index in [0.29, 0.717) is 25.0 Å². The van der Waals surface area contributed by atoms with Crippen LogP contribution < -0.4 is 20.7 Å². The number of aryl methyl sites for hydroxylation is 1. The molecule has 4 rings (SSSR count). The van der Waals surface area contributed by atoms with Gasteiger partial charge in [0.05, 0.1) is 0 Å². The summed E-state index contributed by atoms with van der Waals surface area (Å²) in [6, 6.07) is 6.41. The molecule has 7 nitrogen and oxygen atoms in total. The normalized spacial score (nSPS) is 16.1. The summed E-state index contributed by atoms with van der Waals surface area (Å²) < 4.78 is 41.9. The highest BCUT2D eigenvalue weighted by atomic mass is 19.4. The Bertz CT molecular complexity index is 1080. The lowest BCUT2D eigenvalue weighted by Gasteiger charge is -2.24. The fourth-order valence-corrected chi connectivity index (χ4v) is 4.12. The van der Waals surface area contributed by atoms with Crippen LogP contribution in [0.5, 0.6) is 5.75 Å². The third-order valence-electron chi connectivity index (χ3n) is 5.56. The number of hydrogen-bond acceptors (Lipinski definition) is 6. The summed E-state index contributed by atoms with van der Waals surface area (Å²) in [5.74, 6) is 1.67. The van der Waals surface area contributed by atoms with E-state index in [4.69, 9.17) is 0 Å². The van der Waals surface area contributed by atoms with E-state index in [-0.39, 0.29) is 11.8 Å². The summed E-state index contributed by atoms with van der Waals surface area (Å²) in [7, 11) is 0. The van der Waals surface area contributed by atoms with Crippen LogP contribution in [0.15, 0.2) is 30.5 Å². The predicted molar refractivity (Wildman–Crippen MR) is 123 cm³/mol. The van der Waals surface area contributed by atoms with Crippen molar-refractivity contribution in [3.05, 3.63) is 41.7 Å². The lowest BCUT2D eigenvalue weighted by atomic mass is 9.91. The smallest absolute Gasteiger partial charge is 0.406 e. The molecule has 0 saturated carbocycles. The molecule has 0 radical (unpaired) electrons. The molecule has 2 aromatic heterocycles. The number of rotatable bonds is 9. The van der Waals surface area contributed by atoms with E-state index in [2.05, 4.69) is 49.5 Å². The Labute approximate surface area is 190 Å². The third kappa shape index (κ3) is 6.07. The molecule has 1 unspecified atom stereocenters. The first kappa shape index (κ1) is 23.2. The van der Waals surface area contributed by atoms with E-state index in [9.17, 15) is 13.2 Å². The van der Waals surface area contributed by atoms with Crippen LogP contribution in [-0.2, 0) is 6.42 Å². The second-order valence-corrected chi connectivity index (χ2v) is 8.64. The molecule has 0 aliphatic heterocycles. The van der Waals surface area contributed by atoms with Crippen molar-refractivity contribution in [2.45, 2.75) is 45.5 Å². The van der Waals surface area contributed by atoms with Gasteiger partial charge < -0.3 is 25.7 Å². The van der Waals surface area contributed by atoms with Gasteiger partial charge in [0.15, 0.2) is 0 Å². The number of alkyl halides is 3. The molecule has 0 spiro atoms. The largest absolute Gasteiger partial charge is 0.573 e. The Morgan fingerprint density at radius 1 is 1.18 bits per heavy atom. The van der Waals surface area contributed by atoms with E-state index in [1.54, 1.807) is 12.3 Å². The van der Waals surface area contributed by atoms with Crippen LogP contribution in [0.4, 0.5) is 24.9 Å². The van der Waals surface area contributed by atoms with Crippen molar-refractivity contribution in [1.82, 2.24) is 20.3 Å². The lowest BCUT2D eigenvalue weighted by Crippen LogP contribution is -2.29. The molecule has 0 bridgehead atoms. The van der Waals surface area contributed by atoms with Crippen molar-refractivity contribution in [2.75, 3.05) is 30.3 Å². The van der Waals surface area contributed by atoms with Crippen LogP contribution in [0, 0.1) is 5.92 Å². The molecule has 1 atom stereocenters. The summed E-state index contributed by atoms with van der Waals surface area (Å²) in [6.45, 7) is 6.44. The van der Waals surface area contributed by atoms with Gasteiger partial charge in [-0.1, -0.05) is 13.8 Å². The Morgan fingerprint density at radius 2 is 2.03 bits per heavy atom. The van der Waals surface area contributed by atoms with Crippen molar-refractivity contribution in [1.29, 1.82) is 0 Å². The first-order valence-corrected chi connectivity index (χ1v) is 11.2. The summed E-state index contributed by atoms with van der Waals surface area (Å²) >= 11 is 0. The molecule has 0 amide bonds. The van der Waals surface area contributed by atoms with Gasteiger partial charge in [-0.25, -0.2) is 4.98 Å². The number of nitrogens with one attached hydrogen (secondary N) is 4. The fraction of sp³-hybridized carbons (Fsp3) is 0.478. The summed E-state index contributed by atoms with van der Waals surface area (Å²) in [6.07, 6.45) is -0.223. The van der Waals surface area contributed by atoms with Gasteiger partial charge in [0.25, 0.3) is 0 Å². The van der Waals surface area contributed by atoms with Crippen molar-refractivity contribution in [3.63, 3.8) is 0 Å². The minimum Gasteiger partial charge on any atom is -0.406 e. The zero-order valence-corrected chi connectivity index (χ0v) is 18.7. The standard InChI is InChI=1S/C23H29F3N6O/c1-14(2)13-30-22-29-9-8-20(32-22)28-11-10-27-19-5-3-4-16-17-12-15(33-23(24,25)26)6-7-18(17)31-21(16)19/h6-9,12,14,19,27,31H,3-5,10-11,13H2,1-2H3,(H2,28,29,30,32). The molecule has 33 heavy (non-hydrogen) atoms. The highest BCUT2D eigenvalue weighted by molar-refractivity contribution is 5.86. The van der Waals surface area contributed by atoms with E-state index in [1.165, 1.54) is 12.1 Å². The Kier molecular flexibility index (Phi) is 6.92. The van der Waals surface area contributed by atoms with E-state index in [0.717, 1.165) is 53.8 Å². The number of anilines is 2. The number of ether oxygens (including phenoxy) is 1. The maximum Gasteiger partial charge on any atom is 0.573 e. The van der Waals surface area contributed by atoms with Crippen LogP contribution in [0.3, 0.4) is 0 Å². The first-order chi connectivity index (χ1) is 15.8. The molecule has 2 heterocycles. The van der Waals surface area contributed by atoms with Crippen LogP contribution in [0.25, 0.3) is 10.9 Å². The summed E-state index contributed by atoms with van der Waals surface area (Å²) in [5, 5.41) is 10.9. The van der Waals surface area contributed by atoms with Crippen LogP contribution in [-0.4, -0.2) is 40.9 Å². The molecule has 10 heteroatoms. The SMILES string of the molecule is CC(C)CNc1nccc(NCCNC2CCCc3c2[nH]c2ccc(OC(F)(F)F)cc32)n1. The van der Waals surface area contributed by atoms with Crippen molar-refractivity contribution < 1.29 is 17.9 Å². The zero-order chi connectivity index (χ0) is 23.4. The predicted octanol–water partition coefficient (Wildman–Crippen LogP) is 5.00.